The number of nitrogens with zero attached hydrogens (tertiary/aromatic N) is 3. The van der Waals surface area contributed by atoms with Gasteiger partial charge >= 0.3 is 0 Å². The highest BCUT2D eigenvalue weighted by Crippen LogP contribution is 2.25. The van der Waals surface area contributed by atoms with Gasteiger partial charge in [0.1, 0.15) is 0 Å². The lowest BCUT2D eigenvalue weighted by Crippen LogP contribution is -2.74. The quantitative estimate of drug-likeness (QED) is 0.115. The van der Waals surface area contributed by atoms with E-state index >= 15 is 0 Å². The third-order valence-corrected chi connectivity index (χ3v) is 15.4. The van der Waals surface area contributed by atoms with Gasteiger partial charge in [-0.1, -0.05) is 247 Å². The second-order valence-corrected chi connectivity index (χ2v) is 17.8. The van der Waals surface area contributed by atoms with Gasteiger partial charge in [-0.05, 0) is 20.7 Å². The van der Waals surface area contributed by atoms with E-state index in [0.29, 0.717) is 17.5 Å². The van der Waals surface area contributed by atoms with Crippen LogP contribution in [0.1, 0.15) is 0 Å². The molecule has 0 fully saturated rings. The molecule has 0 bridgehead atoms. The van der Waals surface area contributed by atoms with E-state index in [4.69, 9.17) is 15.0 Å². The van der Waals surface area contributed by atoms with Crippen molar-refractivity contribution in [3.05, 3.63) is 231 Å². The van der Waals surface area contributed by atoms with Gasteiger partial charge in [0.15, 0.2) is 25.5 Å². The Hall–Kier alpha value is -6.95. The van der Waals surface area contributed by atoms with Crippen molar-refractivity contribution in [3.8, 4) is 34.2 Å². The average Bonchev–Trinajstić information content (AvgIpc) is 3.29. The van der Waals surface area contributed by atoms with Gasteiger partial charge in [0.2, 0.25) is 6.71 Å². The highest BCUT2D eigenvalue weighted by atomic mass is 28.3. The maximum absolute atomic E-state index is 5.12. The first-order valence-corrected chi connectivity index (χ1v) is 21.1. The van der Waals surface area contributed by atoms with Crippen LogP contribution in [0.25, 0.3) is 34.2 Å². The molecule has 0 N–H and O–H groups in total. The maximum atomic E-state index is 5.12. The van der Waals surface area contributed by atoms with Gasteiger partial charge in [0.05, 0.1) is 0 Å². The van der Waals surface area contributed by atoms with E-state index < -0.39 is 8.07 Å². The van der Waals surface area contributed by atoms with E-state index in [9.17, 15) is 0 Å². The van der Waals surface area contributed by atoms with E-state index in [1.807, 2.05) is 36.4 Å². The van der Waals surface area contributed by atoms with Crippen LogP contribution in [-0.4, -0.2) is 29.7 Å². The van der Waals surface area contributed by atoms with Crippen molar-refractivity contribution >= 4 is 51.9 Å². The van der Waals surface area contributed by atoms with Crippen molar-refractivity contribution in [2.45, 2.75) is 0 Å². The number of hydrogen-bond acceptors (Lipinski definition) is 3. The van der Waals surface area contributed by atoms with Crippen molar-refractivity contribution in [1.82, 2.24) is 15.0 Å². The first-order chi connectivity index (χ1) is 27.8. The van der Waals surface area contributed by atoms with E-state index in [1.54, 1.807) is 0 Å². The van der Waals surface area contributed by atoms with Gasteiger partial charge in [-0.15, -0.1) is 0 Å². The molecule has 0 saturated carbocycles. The number of benzene rings is 8. The molecule has 0 aliphatic heterocycles. The van der Waals surface area contributed by atoms with Gasteiger partial charge in [0, 0.05) is 16.7 Å². The first-order valence-electron chi connectivity index (χ1n) is 19.1. The smallest absolute Gasteiger partial charge is 0.208 e. The van der Waals surface area contributed by atoms with Crippen LogP contribution in [0.3, 0.4) is 0 Å². The molecule has 5 heteroatoms. The van der Waals surface area contributed by atoms with Crippen molar-refractivity contribution < 1.29 is 0 Å². The Morgan fingerprint density at radius 2 is 0.589 bits per heavy atom. The fourth-order valence-corrected chi connectivity index (χ4v) is 12.8. The Morgan fingerprint density at radius 3 is 1.04 bits per heavy atom. The van der Waals surface area contributed by atoms with Crippen LogP contribution < -0.4 is 37.1 Å². The second kappa shape index (κ2) is 15.8. The minimum Gasteiger partial charge on any atom is -0.208 e. The Morgan fingerprint density at radius 1 is 0.268 bits per heavy atom. The lowest BCUT2D eigenvalue weighted by molar-refractivity contribution is 1.07. The van der Waals surface area contributed by atoms with E-state index in [-0.39, 0.29) is 6.71 Å². The minimum atomic E-state index is -2.91. The highest BCUT2D eigenvalue weighted by molar-refractivity contribution is 7.20. The summed E-state index contributed by atoms with van der Waals surface area (Å²) in [5, 5.41) is 5.18. The normalized spacial score (nSPS) is 11.2. The fourth-order valence-electron chi connectivity index (χ4n) is 8.00. The summed E-state index contributed by atoms with van der Waals surface area (Å²) >= 11 is 0. The molecule has 0 saturated heterocycles. The second-order valence-electron chi connectivity index (χ2n) is 14.0. The van der Waals surface area contributed by atoms with Crippen LogP contribution in [0.2, 0.25) is 0 Å². The maximum Gasteiger partial charge on any atom is 0.241 e. The topological polar surface area (TPSA) is 38.7 Å². The van der Waals surface area contributed by atoms with Crippen LogP contribution in [0.5, 0.6) is 0 Å². The van der Waals surface area contributed by atoms with Crippen LogP contribution in [-0.2, 0) is 0 Å². The first kappa shape index (κ1) is 34.8. The molecule has 0 atom stereocenters. The lowest BCUT2D eigenvalue weighted by atomic mass is 9.37. The summed E-state index contributed by atoms with van der Waals surface area (Å²) in [4.78, 5) is 15.2. The summed E-state index contributed by atoms with van der Waals surface area (Å²) in [5.74, 6) is 1.94. The molecule has 9 rings (SSSR count). The number of aromatic nitrogens is 3. The van der Waals surface area contributed by atoms with Gasteiger partial charge in [-0.25, -0.2) is 15.0 Å². The molecule has 0 spiro atoms. The average molecular weight is 732 g/mol. The molecule has 0 aliphatic carbocycles. The summed E-state index contributed by atoms with van der Waals surface area (Å²) in [7, 11) is -2.91. The van der Waals surface area contributed by atoms with Gasteiger partial charge in [0.25, 0.3) is 0 Å². The van der Waals surface area contributed by atoms with E-state index in [0.717, 1.165) is 16.7 Å². The molecule has 3 nitrogen and oxygen atoms in total. The molecule has 0 aliphatic rings. The summed E-state index contributed by atoms with van der Waals surface area (Å²) in [6, 6.07) is 82.5. The van der Waals surface area contributed by atoms with Gasteiger partial charge in [-0.3, -0.25) is 0 Å². The zero-order valence-electron chi connectivity index (χ0n) is 30.9. The van der Waals surface area contributed by atoms with Gasteiger partial charge < -0.3 is 0 Å². The van der Waals surface area contributed by atoms with Crippen LogP contribution in [0.15, 0.2) is 231 Å². The number of rotatable bonds is 10. The molecular weight excluding hydrogens is 693 g/mol. The van der Waals surface area contributed by atoms with Crippen molar-refractivity contribution in [3.63, 3.8) is 0 Å². The standard InChI is InChI=1S/C51H38BN3Si/c1-7-20-39(21-8-1)49-53-50(40-22-9-2-10-23-40)55-51(54-49)41-24-19-33-48(38-41)56(45-29-15-5-16-30-45,46-31-17-6-18-32-46)47-36-34-44(35-37-47)52(42-25-11-3-12-26-42)43-27-13-4-14-28-43/h1-38H. The van der Waals surface area contributed by atoms with Crippen LogP contribution in [0, 0.1) is 0 Å². The molecule has 1 aromatic heterocycles. The predicted molar refractivity (Wildman–Crippen MR) is 237 cm³/mol. The summed E-state index contributed by atoms with van der Waals surface area (Å²) in [5.41, 5.74) is 6.66. The highest BCUT2D eigenvalue weighted by Gasteiger charge is 2.42. The Labute approximate surface area is 330 Å². The molecule has 264 valence electrons. The molecule has 56 heavy (non-hydrogen) atoms. The van der Waals surface area contributed by atoms with Crippen molar-refractivity contribution in [2.24, 2.45) is 0 Å². The fraction of sp³-hybridized carbons (Fsp3) is 0. The molecule has 9 aromatic rings. The Bertz CT molecular complexity index is 2530. The third kappa shape index (κ3) is 6.81. The molecular formula is C51H38BN3Si. The van der Waals surface area contributed by atoms with Crippen LogP contribution in [0.4, 0.5) is 0 Å². The molecule has 0 unspecified atom stereocenters. The number of hydrogen-bond donors (Lipinski definition) is 0. The summed E-state index contributed by atoms with van der Waals surface area (Å²) in [6.45, 7) is 0.112. The molecule has 0 radical (unpaired) electrons. The predicted octanol–water partition coefficient (Wildman–Crippen LogP) is 6.77. The Balaban J connectivity index is 1.25. The Kier molecular flexibility index (Phi) is 9.82. The zero-order valence-corrected chi connectivity index (χ0v) is 31.9. The van der Waals surface area contributed by atoms with Gasteiger partial charge in [-0.2, -0.15) is 0 Å². The SMILES string of the molecule is c1ccc(B(c2ccccc2)c2ccc([Si](c3ccccc3)(c3ccccc3)c3cccc(-c4nc(-c5ccccc5)nc(-c5ccccc5)n4)c3)cc2)cc1. The summed E-state index contributed by atoms with van der Waals surface area (Å²) < 4.78 is 0. The zero-order chi connectivity index (χ0) is 37.6. The molecule has 1 heterocycles. The van der Waals surface area contributed by atoms with Crippen molar-refractivity contribution in [1.29, 1.82) is 0 Å². The van der Waals surface area contributed by atoms with Crippen molar-refractivity contribution in [2.75, 3.05) is 0 Å². The monoisotopic (exact) mass is 731 g/mol. The largest absolute Gasteiger partial charge is 0.241 e. The van der Waals surface area contributed by atoms with E-state index in [1.165, 1.54) is 37.1 Å². The minimum absolute atomic E-state index is 0.112. The lowest BCUT2D eigenvalue weighted by Gasteiger charge is -2.35. The molecule has 0 amide bonds. The summed E-state index contributed by atoms with van der Waals surface area (Å²) in [6.07, 6.45) is 0. The van der Waals surface area contributed by atoms with E-state index in [2.05, 4.69) is 194 Å². The van der Waals surface area contributed by atoms with Crippen LogP contribution >= 0.6 is 0 Å². The molecule has 8 aromatic carbocycles. The third-order valence-electron chi connectivity index (χ3n) is 10.6.